The normalized spacial score (nSPS) is 24.8. The van der Waals surface area contributed by atoms with Crippen molar-refractivity contribution in [3.63, 3.8) is 0 Å². The Morgan fingerprint density at radius 3 is 2.67 bits per heavy atom. The maximum absolute atomic E-state index is 13.3. The number of alkyl halides is 2. The van der Waals surface area contributed by atoms with Crippen LogP contribution >= 0.6 is 0 Å². The molecule has 0 radical (unpaired) electrons. The summed E-state index contributed by atoms with van der Waals surface area (Å²) in [7, 11) is 0. The van der Waals surface area contributed by atoms with Crippen LogP contribution in [0, 0.1) is 11.8 Å². The largest absolute Gasteiger partial charge is 0.342 e. The second kappa shape index (κ2) is 5.75. The van der Waals surface area contributed by atoms with Crippen molar-refractivity contribution in [2.75, 3.05) is 13.1 Å². The van der Waals surface area contributed by atoms with E-state index in [0.29, 0.717) is 24.7 Å². The SMILES string of the molecule is C[C@@H]1C[C@H]1C(=O)N1CCC(c2cc(C(F)F)n3ncnc3n2)CC1. The van der Waals surface area contributed by atoms with Gasteiger partial charge in [-0.1, -0.05) is 6.92 Å². The number of rotatable bonds is 3. The summed E-state index contributed by atoms with van der Waals surface area (Å²) >= 11 is 0. The molecule has 6 nitrogen and oxygen atoms in total. The number of nitrogens with zero attached hydrogens (tertiary/aromatic N) is 5. The van der Waals surface area contributed by atoms with Crippen LogP contribution < -0.4 is 0 Å². The van der Waals surface area contributed by atoms with E-state index in [2.05, 4.69) is 22.0 Å². The fourth-order valence-corrected chi connectivity index (χ4v) is 3.52. The van der Waals surface area contributed by atoms with Gasteiger partial charge in [-0.05, 0) is 31.2 Å². The lowest BCUT2D eigenvalue weighted by Gasteiger charge is -2.32. The molecule has 0 spiro atoms. The topological polar surface area (TPSA) is 63.4 Å². The third kappa shape index (κ3) is 2.63. The minimum Gasteiger partial charge on any atom is -0.342 e. The second-order valence-electron chi connectivity index (χ2n) is 6.80. The molecular weight excluding hydrogens is 316 g/mol. The first-order chi connectivity index (χ1) is 11.5. The van der Waals surface area contributed by atoms with E-state index in [0.717, 1.165) is 23.8 Å². The van der Waals surface area contributed by atoms with Gasteiger partial charge in [0, 0.05) is 30.6 Å². The van der Waals surface area contributed by atoms with E-state index in [1.165, 1.54) is 12.4 Å². The van der Waals surface area contributed by atoms with Crippen LogP contribution in [-0.4, -0.2) is 43.5 Å². The van der Waals surface area contributed by atoms with Gasteiger partial charge in [0.05, 0.1) is 0 Å². The van der Waals surface area contributed by atoms with Gasteiger partial charge >= 0.3 is 0 Å². The van der Waals surface area contributed by atoms with Crippen LogP contribution in [0.4, 0.5) is 8.78 Å². The van der Waals surface area contributed by atoms with Crippen LogP contribution in [0.25, 0.3) is 5.78 Å². The Balaban J connectivity index is 1.51. The number of amides is 1. The molecule has 2 aliphatic rings. The van der Waals surface area contributed by atoms with Crippen molar-refractivity contribution in [3.05, 3.63) is 23.8 Å². The van der Waals surface area contributed by atoms with Gasteiger partial charge in [0.2, 0.25) is 5.91 Å². The number of piperidine rings is 1. The fraction of sp³-hybridized carbons (Fsp3) is 0.625. The molecule has 2 aromatic heterocycles. The zero-order valence-corrected chi connectivity index (χ0v) is 13.4. The molecule has 8 heteroatoms. The number of hydrogen-bond acceptors (Lipinski definition) is 4. The highest BCUT2D eigenvalue weighted by molar-refractivity contribution is 5.81. The molecule has 2 atom stereocenters. The zero-order valence-electron chi connectivity index (χ0n) is 13.4. The van der Waals surface area contributed by atoms with E-state index in [4.69, 9.17) is 0 Å². The number of halogens is 2. The molecule has 128 valence electrons. The van der Waals surface area contributed by atoms with E-state index in [9.17, 15) is 13.6 Å². The van der Waals surface area contributed by atoms with Crippen molar-refractivity contribution >= 4 is 11.7 Å². The molecule has 1 saturated heterocycles. The maximum Gasteiger partial charge on any atom is 0.280 e. The van der Waals surface area contributed by atoms with Gasteiger partial charge in [-0.2, -0.15) is 14.6 Å². The second-order valence-corrected chi connectivity index (χ2v) is 6.80. The molecule has 2 aromatic rings. The number of hydrogen-bond donors (Lipinski definition) is 0. The smallest absolute Gasteiger partial charge is 0.280 e. The zero-order chi connectivity index (χ0) is 16.8. The van der Waals surface area contributed by atoms with E-state index < -0.39 is 6.43 Å². The van der Waals surface area contributed by atoms with E-state index >= 15 is 0 Å². The Kier molecular flexibility index (Phi) is 3.69. The first-order valence-electron chi connectivity index (χ1n) is 8.32. The Hall–Kier alpha value is -2.12. The van der Waals surface area contributed by atoms with Gasteiger partial charge in [0.15, 0.2) is 0 Å². The summed E-state index contributed by atoms with van der Waals surface area (Å²) < 4.78 is 27.6. The average Bonchev–Trinajstić information content (AvgIpc) is 3.12. The summed E-state index contributed by atoms with van der Waals surface area (Å²) in [6, 6.07) is 1.43. The van der Waals surface area contributed by atoms with Gasteiger partial charge in [0.25, 0.3) is 12.2 Å². The summed E-state index contributed by atoms with van der Waals surface area (Å²) in [4.78, 5) is 22.5. The van der Waals surface area contributed by atoms with Gasteiger partial charge < -0.3 is 4.90 Å². The molecule has 1 aliphatic carbocycles. The molecule has 0 aromatic carbocycles. The Labute approximate surface area is 137 Å². The first kappa shape index (κ1) is 15.4. The molecule has 2 fully saturated rings. The van der Waals surface area contributed by atoms with Crippen molar-refractivity contribution in [1.29, 1.82) is 0 Å². The van der Waals surface area contributed by atoms with E-state index in [1.54, 1.807) is 0 Å². The number of likely N-dealkylation sites (tertiary alicyclic amines) is 1. The molecule has 0 bridgehead atoms. The fourth-order valence-electron chi connectivity index (χ4n) is 3.52. The number of fused-ring (bicyclic) bond motifs is 1. The minimum absolute atomic E-state index is 0.0740. The highest BCUT2D eigenvalue weighted by Crippen LogP contribution is 2.40. The lowest BCUT2D eigenvalue weighted by atomic mass is 9.92. The summed E-state index contributed by atoms with van der Waals surface area (Å²) in [6.45, 7) is 3.42. The number of carbonyl (C=O) groups excluding carboxylic acids is 1. The number of carbonyl (C=O) groups is 1. The van der Waals surface area contributed by atoms with Crippen LogP contribution in [0.5, 0.6) is 0 Å². The highest BCUT2D eigenvalue weighted by atomic mass is 19.3. The summed E-state index contributed by atoms with van der Waals surface area (Å²) in [5, 5.41) is 3.80. The van der Waals surface area contributed by atoms with Crippen LogP contribution in [-0.2, 0) is 4.79 Å². The van der Waals surface area contributed by atoms with Crippen LogP contribution in [0.2, 0.25) is 0 Å². The Morgan fingerprint density at radius 2 is 2.04 bits per heavy atom. The number of aromatic nitrogens is 4. The maximum atomic E-state index is 13.3. The summed E-state index contributed by atoms with van der Waals surface area (Å²) in [6.07, 6.45) is 1.08. The highest BCUT2D eigenvalue weighted by Gasteiger charge is 2.42. The molecule has 0 unspecified atom stereocenters. The van der Waals surface area contributed by atoms with Gasteiger partial charge in [-0.3, -0.25) is 4.79 Å². The van der Waals surface area contributed by atoms with Gasteiger partial charge in [-0.15, -0.1) is 0 Å². The molecule has 1 aliphatic heterocycles. The Morgan fingerprint density at radius 1 is 1.33 bits per heavy atom. The third-order valence-corrected chi connectivity index (χ3v) is 5.17. The molecule has 3 heterocycles. The summed E-state index contributed by atoms with van der Waals surface area (Å²) in [5.41, 5.74) is 0.440. The van der Waals surface area contributed by atoms with Crippen molar-refractivity contribution in [2.45, 2.75) is 38.5 Å². The third-order valence-electron chi connectivity index (χ3n) is 5.17. The van der Waals surface area contributed by atoms with Crippen molar-refractivity contribution in [1.82, 2.24) is 24.5 Å². The molecule has 1 saturated carbocycles. The van der Waals surface area contributed by atoms with Crippen molar-refractivity contribution < 1.29 is 13.6 Å². The Bertz CT molecular complexity index is 769. The predicted octanol–water partition coefficient (Wildman–Crippen LogP) is 2.42. The molecular formula is C16H19F2N5O. The first-order valence-corrected chi connectivity index (χ1v) is 8.32. The van der Waals surface area contributed by atoms with Crippen molar-refractivity contribution in [3.8, 4) is 0 Å². The standard InChI is InChI=1S/C16H19F2N5O/c1-9-6-11(9)15(24)22-4-2-10(3-5-22)12-7-13(14(17)18)23-16(21-12)19-8-20-23/h7-11,14H,2-6H2,1H3/t9-,11-/m1/s1. The molecule has 1 amide bonds. The van der Waals surface area contributed by atoms with Crippen LogP contribution in [0.15, 0.2) is 12.4 Å². The molecule has 24 heavy (non-hydrogen) atoms. The lowest BCUT2D eigenvalue weighted by Crippen LogP contribution is -2.39. The average molecular weight is 335 g/mol. The lowest BCUT2D eigenvalue weighted by molar-refractivity contribution is -0.133. The monoisotopic (exact) mass is 335 g/mol. The van der Waals surface area contributed by atoms with Gasteiger partial charge in [0.1, 0.15) is 12.0 Å². The van der Waals surface area contributed by atoms with E-state index in [1.807, 2.05) is 4.90 Å². The predicted molar refractivity (Wildman–Crippen MR) is 81.6 cm³/mol. The van der Waals surface area contributed by atoms with Gasteiger partial charge in [-0.25, -0.2) is 13.8 Å². The van der Waals surface area contributed by atoms with Crippen LogP contribution in [0.1, 0.15) is 49.9 Å². The van der Waals surface area contributed by atoms with E-state index in [-0.39, 0.29) is 29.2 Å². The quantitative estimate of drug-likeness (QED) is 0.864. The molecule has 4 rings (SSSR count). The molecule has 0 N–H and O–H groups in total. The summed E-state index contributed by atoms with van der Waals surface area (Å²) in [5.74, 6) is 1.21. The minimum atomic E-state index is -2.63. The van der Waals surface area contributed by atoms with Crippen LogP contribution in [0.3, 0.4) is 0 Å². The van der Waals surface area contributed by atoms with Crippen molar-refractivity contribution in [2.24, 2.45) is 11.8 Å².